The van der Waals surface area contributed by atoms with E-state index in [1.54, 1.807) is 22.8 Å². The summed E-state index contributed by atoms with van der Waals surface area (Å²) in [5, 5.41) is 0.608. The summed E-state index contributed by atoms with van der Waals surface area (Å²) in [5.74, 6) is 1.24. The summed E-state index contributed by atoms with van der Waals surface area (Å²) in [6, 6.07) is 13.1. The second-order valence-electron chi connectivity index (χ2n) is 6.96. The first kappa shape index (κ1) is 18.2. The van der Waals surface area contributed by atoms with Crippen LogP contribution in [0.1, 0.15) is 15.9 Å². The number of aromatic nitrogens is 3. The Morgan fingerprint density at radius 2 is 1.97 bits per heavy atom. The smallest absolute Gasteiger partial charge is 0.260 e. The van der Waals surface area contributed by atoms with Crippen LogP contribution in [-0.2, 0) is 6.54 Å². The average molecular weight is 447 g/mol. The Hall–Kier alpha value is -3.56. The minimum atomic E-state index is -0.127. The largest absolute Gasteiger partial charge is 0.454 e. The van der Waals surface area contributed by atoms with Gasteiger partial charge in [-0.3, -0.25) is 14.7 Å². The Balaban J connectivity index is 1.43. The lowest BCUT2D eigenvalue weighted by Gasteiger charge is -2.20. The first-order valence-corrected chi connectivity index (χ1v) is 11.2. The zero-order chi connectivity index (χ0) is 20.8. The maximum Gasteiger partial charge on any atom is 0.260 e. The van der Waals surface area contributed by atoms with E-state index in [9.17, 15) is 4.79 Å². The van der Waals surface area contributed by atoms with Crippen LogP contribution < -0.4 is 14.4 Å². The fourth-order valence-electron chi connectivity index (χ4n) is 3.47. The number of thiazole rings is 2. The molecule has 2 aromatic carbocycles. The number of hydrogen-bond donors (Lipinski definition) is 0. The molecular weight excluding hydrogens is 432 g/mol. The first-order valence-electron chi connectivity index (χ1n) is 9.49. The number of ether oxygens (including phenoxy) is 2. The number of hydrogen-bond acceptors (Lipinski definition) is 8. The quantitative estimate of drug-likeness (QED) is 0.392. The van der Waals surface area contributed by atoms with Crippen LogP contribution in [0.4, 0.5) is 5.13 Å². The number of carbonyl (C=O) groups excluding carboxylic acids is 1. The molecule has 9 heteroatoms. The molecule has 5 aromatic rings. The molecule has 0 unspecified atom stereocenters. The summed E-state index contributed by atoms with van der Waals surface area (Å²) in [5.41, 5.74) is 4.95. The molecule has 0 atom stereocenters. The van der Waals surface area contributed by atoms with E-state index in [1.165, 1.54) is 22.7 Å². The van der Waals surface area contributed by atoms with Gasteiger partial charge in [0.2, 0.25) is 6.79 Å². The summed E-state index contributed by atoms with van der Waals surface area (Å²) >= 11 is 2.96. The van der Waals surface area contributed by atoms with Crippen LogP contribution in [0.3, 0.4) is 0 Å². The van der Waals surface area contributed by atoms with Crippen molar-refractivity contribution in [3.63, 3.8) is 0 Å². The molecule has 0 saturated carbocycles. The van der Waals surface area contributed by atoms with Gasteiger partial charge in [-0.2, -0.15) is 0 Å². The molecule has 3 aromatic heterocycles. The van der Waals surface area contributed by atoms with E-state index < -0.39 is 0 Å². The highest BCUT2D eigenvalue weighted by molar-refractivity contribution is 7.22. The van der Waals surface area contributed by atoms with Gasteiger partial charge >= 0.3 is 0 Å². The Morgan fingerprint density at radius 1 is 1.06 bits per heavy atom. The Kier molecular flexibility index (Phi) is 4.29. The third-order valence-corrected chi connectivity index (χ3v) is 6.82. The van der Waals surface area contributed by atoms with Crippen molar-refractivity contribution in [2.24, 2.45) is 0 Å². The molecule has 6 rings (SSSR count). The van der Waals surface area contributed by atoms with Gasteiger partial charge in [0.15, 0.2) is 16.6 Å². The standard InChI is InChI=1S/C22H14N4O3S2/c27-21(14-3-4-15-19(6-14)30-11-24-15)26(10-13-2-1-5-23-9-13)22-25-16-7-17-18(29-12-28-17)8-20(16)31-22/h1-9,11H,10,12H2. The van der Waals surface area contributed by atoms with Gasteiger partial charge in [0.1, 0.15) is 0 Å². The Morgan fingerprint density at radius 3 is 2.84 bits per heavy atom. The Labute approximate surface area is 184 Å². The van der Waals surface area contributed by atoms with Gasteiger partial charge in [-0.25, -0.2) is 9.97 Å². The number of fused-ring (bicyclic) bond motifs is 3. The fourth-order valence-corrected chi connectivity index (χ4v) is 5.16. The van der Waals surface area contributed by atoms with E-state index in [2.05, 4.69) is 9.97 Å². The van der Waals surface area contributed by atoms with Crippen LogP contribution in [0.25, 0.3) is 20.4 Å². The van der Waals surface area contributed by atoms with Crippen molar-refractivity contribution < 1.29 is 14.3 Å². The molecular formula is C22H14N4O3S2. The van der Waals surface area contributed by atoms with Crippen molar-refractivity contribution in [1.29, 1.82) is 0 Å². The molecule has 0 N–H and O–H groups in total. The average Bonchev–Trinajstić information content (AvgIpc) is 3.54. The van der Waals surface area contributed by atoms with Crippen LogP contribution in [0.5, 0.6) is 11.5 Å². The summed E-state index contributed by atoms with van der Waals surface area (Å²) < 4.78 is 12.9. The lowest BCUT2D eigenvalue weighted by molar-refractivity contribution is 0.0985. The van der Waals surface area contributed by atoms with Crippen LogP contribution in [-0.4, -0.2) is 27.7 Å². The van der Waals surface area contributed by atoms with E-state index in [4.69, 9.17) is 14.5 Å². The monoisotopic (exact) mass is 446 g/mol. The van der Waals surface area contributed by atoms with Gasteiger partial charge < -0.3 is 9.47 Å². The Bertz CT molecular complexity index is 1390. The SMILES string of the molecule is O=C(c1ccc2ncsc2c1)N(Cc1cccnc1)c1nc2cc3c(cc2s1)OCO3. The van der Waals surface area contributed by atoms with E-state index in [0.29, 0.717) is 28.7 Å². The first-order chi connectivity index (χ1) is 15.2. The van der Waals surface area contributed by atoms with Gasteiger partial charge in [0.25, 0.3) is 5.91 Å². The van der Waals surface area contributed by atoms with Crippen LogP contribution in [0, 0.1) is 0 Å². The van der Waals surface area contributed by atoms with Crippen LogP contribution in [0.15, 0.2) is 60.4 Å². The van der Waals surface area contributed by atoms with Gasteiger partial charge in [-0.1, -0.05) is 17.4 Å². The van der Waals surface area contributed by atoms with Crippen molar-refractivity contribution >= 4 is 54.1 Å². The number of pyridine rings is 1. The molecule has 0 spiro atoms. The highest BCUT2D eigenvalue weighted by atomic mass is 32.1. The van der Waals surface area contributed by atoms with E-state index in [-0.39, 0.29) is 12.7 Å². The highest BCUT2D eigenvalue weighted by Crippen LogP contribution is 2.40. The molecule has 1 aliphatic heterocycles. The summed E-state index contributed by atoms with van der Waals surface area (Å²) in [7, 11) is 0. The van der Waals surface area contributed by atoms with Crippen molar-refractivity contribution in [3.8, 4) is 11.5 Å². The number of anilines is 1. The zero-order valence-corrected chi connectivity index (χ0v) is 17.7. The normalized spacial score (nSPS) is 12.5. The van der Waals surface area contributed by atoms with Crippen LogP contribution in [0.2, 0.25) is 0 Å². The maximum atomic E-state index is 13.6. The molecule has 4 heterocycles. The van der Waals surface area contributed by atoms with Gasteiger partial charge in [-0.05, 0) is 29.8 Å². The predicted octanol–water partition coefficient (Wildman–Crippen LogP) is 4.88. The molecule has 0 saturated heterocycles. The van der Waals surface area contributed by atoms with Gasteiger partial charge in [-0.15, -0.1) is 11.3 Å². The number of carbonyl (C=O) groups is 1. The summed E-state index contributed by atoms with van der Waals surface area (Å²) in [6.45, 7) is 0.574. The molecule has 7 nitrogen and oxygen atoms in total. The zero-order valence-electron chi connectivity index (χ0n) is 16.0. The van der Waals surface area contributed by atoms with Crippen molar-refractivity contribution in [3.05, 3.63) is 71.5 Å². The van der Waals surface area contributed by atoms with Gasteiger partial charge in [0.05, 0.1) is 32.5 Å². The lowest BCUT2D eigenvalue weighted by Crippen LogP contribution is -2.30. The van der Waals surface area contributed by atoms with Crippen LogP contribution >= 0.6 is 22.7 Å². The number of amides is 1. The molecule has 0 fully saturated rings. The minimum absolute atomic E-state index is 0.127. The molecule has 1 aliphatic rings. The summed E-state index contributed by atoms with van der Waals surface area (Å²) in [6.07, 6.45) is 3.48. The second-order valence-corrected chi connectivity index (χ2v) is 8.85. The topological polar surface area (TPSA) is 77.4 Å². The lowest BCUT2D eigenvalue weighted by atomic mass is 10.1. The highest BCUT2D eigenvalue weighted by Gasteiger charge is 2.24. The third-order valence-electron chi connectivity index (χ3n) is 4.99. The van der Waals surface area contributed by atoms with E-state index in [0.717, 1.165) is 26.0 Å². The number of nitrogens with zero attached hydrogens (tertiary/aromatic N) is 4. The van der Waals surface area contributed by atoms with E-state index in [1.807, 2.05) is 42.5 Å². The molecule has 0 radical (unpaired) electrons. The number of benzene rings is 2. The fraction of sp³-hybridized carbons (Fsp3) is 0.0909. The van der Waals surface area contributed by atoms with Crippen molar-refractivity contribution in [1.82, 2.24) is 15.0 Å². The number of rotatable bonds is 4. The summed E-state index contributed by atoms with van der Waals surface area (Å²) in [4.78, 5) is 28.5. The van der Waals surface area contributed by atoms with Crippen molar-refractivity contribution in [2.75, 3.05) is 11.7 Å². The molecule has 152 valence electrons. The molecule has 0 aliphatic carbocycles. The predicted molar refractivity (Wildman–Crippen MR) is 120 cm³/mol. The minimum Gasteiger partial charge on any atom is -0.454 e. The maximum absolute atomic E-state index is 13.6. The molecule has 31 heavy (non-hydrogen) atoms. The van der Waals surface area contributed by atoms with Gasteiger partial charge in [0, 0.05) is 30.1 Å². The third kappa shape index (κ3) is 3.28. The molecule has 1 amide bonds. The van der Waals surface area contributed by atoms with Crippen molar-refractivity contribution in [2.45, 2.75) is 6.54 Å². The molecule has 0 bridgehead atoms. The van der Waals surface area contributed by atoms with E-state index >= 15 is 0 Å². The second kappa shape index (κ2) is 7.29.